The first-order valence-corrected chi connectivity index (χ1v) is 7.55. The van der Waals surface area contributed by atoms with Crippen molar-refractivity contribution in [2.75, 3.05) is 30.0 Å². The second-order valence-corrected chi connectivity index (χ2v) is 6.67. The van der Waals surface area contributed by atoms with Gasteiger partial charge in [0, 0.05) is 32.5 Å². The van der Waals surface area contributed by atoms with Gasteiger partial charge in [-0.1, -0.05) is 0 Å². The first kappa shape index (κ1) is 17.2. The molecule has 0 aliphatic carbocycles. The Kier molecular flexibility index (Phi) is 4.89. The molecule has 1 aromatic rings. The molecule has 1 aliphatic heterocycles. The first-order chi connectivity index (χ1) is 10.7. The normalized spacial score (nSPS) is 18.2. The summed E-state index contributed by atoms with van der Waals surface area (Å²) in [6.45, 7) is 5.87. The predicted molar refractivity (Wildman–Crippen MR) is 86.4 cm³/mol. The zero-order valence-corrected chi connectivity index (χ0v) is 13.9. The standard InChI is InChI=1S/C16H23N3O4/c1-16(2,3)23-15(22)18(4)13-6-5-12(8-17-13)19-9-11(10-20)7-14(19)21/h5-6,8,11,20H,7,9-10H2,1-4H3. The Morgan fingerprint density at radius 3 is 2.65 bits per heavy atom. The molecule has 126 valence electrons. The van der Waals surface area contributed by atoms with Crippen LogP contribution in [0.15, 0.2) is 18.3 Å². The van der Waals surface area contributed by atoms with Crippen LogP contribution in [-0.2, 0) is 9.53 Å². The molecule has 1 atom stereocenters. The van der Waals surface area contributed by atoms with Gasteiger partial charge in [-0.3, -0.25) is 9.69 Å². The van der Waals surface area contributed by atoms with E-state index in [9.17, 15) is 9.59 Å². The number of aliphatic hydroxyl groups excluding tert-OH is 1. The SMILES string of the molecule is CN(C(=O)OC(C)(C)C)c1ccc(N2CC(CO)CC2=O)cn1. The molecule has 0 spiro atoms. The maximum Gasteiger partial charge on any atom is 0.415 e. The van der Waals surface area contributed by atoms with E-state index in [-0.39, 0.29) is 18.4 Å². The number of ether oxygens (including phenoxy) is 1. The topological polar surface area (TPSA) is 83.0 Å². The molecule has 1 aromatic heterocycles. The number of rotatable bonds is 3. The number of carbonyl (C=O) groups is 2. The number of nitrogens with zero attached hydrogens (tertiary/aromatic N) is 3. The van der Waals surface area contributed by atoms with Crippen LogP contribution in [0.25, 0.3) is 0 Å². The average molecular weight is 321 g/mol. The minimum Gasteiger partial charge on any atom is -0.443 e. The number of hydrogen-bond acceptors (Lipinski definition) is 5. The smallest absolute Gasteiger partial charge is 0.415 e. The molecule has 1 N–H and O–H groups in total. The Balaban J connectivity index is 2.07. The van der Waals surface area contributed by atoms with E-state index >= 15 is 0 Å². The molecular formula is C16H23N3O4. The molecule has 1 fully saturated rings. The van der Waals surface area contributed by atoms with E-state index in [0.29, 0.717) is 24.5 Å². The molecule has 1 aliphatic rings. The number of hydrogen-bond donors (Lipinski definition) is 1. The summed E-state index contributed by atoms with van der Waals surface area (Å²) in [5.41, 5.74) is 0.0827. The molecule has 0 aromatic carbocycles. The van der Waals surface area contributed by atoms with Crippen molar-refractivity contribution < 1.29 is 19.4 Å². The number of pyridine rings is 1. The lowest BCUT2D eigenvalue weighted by molar-refractivity contribution is -0.117. The molecule has 0 saturated carbocycles. The molecule has 2 rings (SSSR count). The highest BCUT2D eigenvalue weighted by Gasteiger charge is 2.30. The van der Waals surface area contributed by atoms with E-state index in [1.54, 1.807) is 51.0 Å². The van der Waals surface area contributed by atoms with Crippen molar-refractivity contribution in [1.29, 1.82) is 0 Å². The zero-order valence-electron chi connectivity index (χ0n) is 13.9. The Bertz CT molecular complexity index is 580. The Morgan fingerprint density at radius 2 is 2.17 bits per heavy atom. The molecule has 7 heteroatoms. The quantitative estimate of drug-likeness (QED) is 0.918. The van der Waals surface area contributed by atoms with Crippen LogP contribution >= 0.6 is 0 Å². The van der Waals surface area contributed by atoms with E-state index in [1.165, 1.54) is 4.90 Å². The lowest BCUT2D eigenvalue weighted by Crippen LogP contribution is -2.34. The van der Waals surface area contributed by atoms with Crippen LogP contribution in [0.2, 0.25) is 0 Å². The van der Waals surface area contributed by atoms with Crippen LogP contribution in [0.5, 0.6) is 0 Å². The fourth-order valence-corrected chi connectivity index (χ4v) is 2.31. The van der Waals surface area contributed by atoms with E-state index in [2.05, 4.69) is 4.98 Å². The maximum absolute atomic E-state index is 12.0. The monoisotopic (exact) mass is 321 g/mol. The summed E-state index contributed by atoms with van der Waals surface area (Å²) in [5, 5.41) is 9.17. The van der Waals surface area contributed by atoms with Gasteiger partial charge in [0.25, 0.3) is 0 Å². The first-order valence-electron chi connectivity index (χ1n) is 7.55. The number of amides is 2. The third-order valence-electron chi connectivity index (χ3n) is 3.52. The van der Waals surface area contributed by atoms with Crippen molar-refractivity contribution in [3.63, 3.8) is 0 Å². The van der Waals surface area contributed by atoms with Gasteiger partial charge in [0.2, 0.25) is 5.91 Å². The summed E-state index contributed by atoms with van der Waals surface area (Å²) in [7, 11) is 1.58. The number of aliphatic hydroxyl groups is 1. The summed E-state index contributed by atoms with van der Waals surface area (Å²) < 4.78 is 5.28. The van der Waals surface area contributed by atoms with Crippen LogP contribution in [-0.4, -0.2) is 47.9 Å². The van der Waals surface area contributed by atoms with Gasteiger partial charge in [-0.25, -0.2) is 9.78 Å². The lowest BCUT2D eigenvalue weighted by Gasteiger charge is -2.24. The Morgan fingerprint density at radius 1 is 1.48 bits per heavy atom. The van der Waals surface area contributed by atoms with Gasteiger partial charge in [-0.05, 0) is 32.9 Å². The molecular weight excluding hydrogens is 298 g/mol. The summed E-state index contributed by atoms with van der Waals surface area (Å²) >= 11 is 0. The minimum atomic E-state index is -0.577. The van der Waals surface area contributed by atoms with Crippen molar-refractivity contribution in [1.82, 2.24) is 4.98 Å². The van der Waals surface area contributed by atoms with E-state index in [1.807, 2.05) is 0 Å². The minimum absolute atomic E-state index is 0.00483. The van der Waals surface area contributed by atoms with Crippen LogP contribution < -0.4 is 9.80 Å². The summed E-state index contributed by atoms with van der Waals surface area (Å²) in [5.74, 6) is 0.374. The van der Waals surface area contributed by atoms with Crippen LogP contribution in [0.1, 0.15) is 27.2 Å². The van der Waals surface area contributed by atoms with E-state index in [0.717, 1.165) is 0 Å². The Hall–Kier alpha value is -2.15. The molecule has 2 amide bonds. The third kappa shape index (κ3) is 4.19. The van der Waals surface area contributed by atoms with Gasteiger partial charge in [0.05, 0.1) is 11.9 Å². The highest BCUT2D eigenvalue weighted by Crippen LogP contribution is 2.25. The summed E-state index contributed by atoms with van der Waals surface area (Å²) in [6.07, 6.45) is 1.40. The number of aromatic nitrogens is 1. The van der Waals surface area contributed by atoms with Crippen LogP contribution in [0.3, 0.4) is 0 Å². The number of anilines is 2. The van der Waals surface area contributed by atoms with Gasteiger partial charge < -0.3 is 14.7 Å². The highest BCUT2D eigenvalue weighted by molar-refractivity contribution is 5.95. The molecule has 1 saturated heterocycles. The van der Waals surface area contributed by atoms with Crippen molar-refractivity contribution in [3.05, 3.63) is 18.3 Å². The fraction of sp³-hybridized carbons (Fsp3) is 0.562. The fourth-order valence-electron chi connectivity index (χ4n) is 2.31. The molecule has 0 bridgehead atoms. The van der Waals surface area contributed by atoms with Crippen molar-refractivity contribution in [2.45, 2.75) is 32.8 Å². The average Bonchev–Trinajstić information content (AvgIpc) is 2.86. The predicted octanol–water partition coefficient (Wildman–Crippen LogP) is 1.80. The lowest BCUT2D eigenvalue weighted by atomic mass is 10.1. The van der Waals surface area contributed by atoms with E-state index in [4.69, 9.17) is 9.84 Å². The third-order valence-corrected chi connectivity index (χ3v) is 3.52. The molecule has 2 heterocycles. The number of carbonyl (C=O) groups excluding carboxylic acids is 2. The zero-order chi connectivity index (χ0) is 17.2. The van der Waals surface area contributed by atoms with Crippen molar-refractivity contribution in [2.24, 2.45) is 5.92 Å². The van der Waals surface area contributed by atoms with Gasteiger partial charge >= 0.3 is 6.09 Å². The van der Waals surface area contributed by atoms with Crippen LogP contribution in [0, 0.1) is 5.92 Å². The van der Waals surface area contributed by atoms with E-state index < -0.39 is 11.7 Å². The molecule has 23 heavy (non-hydrogen) atoms. The van der Waals surface area contributed by atoms with Gasteiger partial charge in [-0.2, -0.15) is 0 Å². The second kappa shape index (κ2) is 6.54. The molecule has 0 radical (unpaired) electrons. The van der Waals surface area contributed by atoms with Crippen molar-refractivity contribution >= 4 is 23.5 Å². The largest absolute Gasteiger partial charge is 0.443 e. The summed E-state index contributed by atoms with van der Waals surface area (Å²) in [6, 6.07) is 3.40. The summed E-state index contributed by atoms with van der Waals surface area (Å²) in [4.78, 5) is 31.1. The molecule has 1 unspecified atom stereocenters. The second-order valence-electron chi connectivity index (χ2n) is 6.67. The van der Waals surface area contributed by atoms with Crippen molar-refractivity contribution in [3.8, 4) is 0 Å². The van der Waals surface area contributed by atoms with Gasteiger partial charge in [0.1, 0.15) is 11.4 Å². The Labute approximate surface area is 135 Å². The van der Waals surface area contributed by atoms with Gasteiger partial charge in [0.15, 0.2) is 0 Å². The maximum atomic E-state index is 12.0. The van der Waals surface area contributed by atoms with Gasteiger partial charge in [-0.15, -0.1) is 0 Å². The van der Waals surface area contributed by atoms with Crippen LogP contribution in [0.4, 0.5) is 16.3 Å². The highest BCUT2D eigenvalue weighted by atomic mass is 16.6. The molecule has 7 nitrogen and oxygen atoms in total.